The largest absolute Gasteiger partial charge is 0.480 e. The van der Waals surface area contributed by atoms with Crippen LogP contribution >= 0.6 is 0 Å². The molecule has 0 aromatic carbocycles. The first kappa shape index (κ1) is 21.8. The summed E-state index contributed by atoms with van der Waals surface area (Å²) in [4.78, 5) is 30.9. The van der Waals surface area contributed by atoms with Gasteiger partial charge in [0.05, 0.1) is 13.1 Å². The first-order valence-electron chi connectivity index (χ1n) is 9.24. The van der Waals surface area contributed by atoms with Crippen LogP contribution in [0.25, 0.3) is 0 Å². The number of rotatable bonds is 8. The molecule has 1 heterocycles. The van der Waals surface area contributed by atoms with Gasteiger partial charge in [-0.1, -0.05) is 13.0 Å². The van der Waals surface area contributed by atoms with Crippen LogP contribution in [0.4, 0.5) is 0 Å². The van der Waals surface area contributed by atoms with Gasteiger partial charge < -0.3 is 14.8 Å². The first-order chi connectivity index (χ1) is 12.1. The minimum absolute atomic E-state index is 0.0531. The van der Waals surface area contributed by atoms with Crippen molar-refractivity contribution in [2.75, 3.05) is 78.5 Å². The zero-order valence-corrected chi connectivity index (χ0v) is 15.6. The lowest BCUT2D eigenvalue weighted by molar-refractivity contribution is -0.138. The predicted molar refractivity (Wildman–Crippen MR) is 99.9 cm³/mol. The Hall–Kier alpha value is -1.28. The third kappa shape index (κ3) is 9.69. The van der Waals surface area contributed by atoms with Gasteiger partial charge in [0.2, 0.25) is 0 Å². The third-order valence-electron chi connectivity index (χ3n) is 4.55. The molecular weight excluding hydrogens is 320 g/mol. The number of nitrogens with zero attached hydrogens (tertiary/aromatic N) is 4. The molecule has 0 atom stereocenters. The highest BCUT2D eigenvalue weighted by molar-refractivity contribution is 5.69. The van der Waals surface area contributed by atoms with Crippen molar-refractivity contribution in [3.05, 3.63) is 12.7 Å². The van der Waals surface area contributed by atoms with Crippen LogP contribution in [-0.2, 0) is 9.59 Å². The molecule has 1 fully saturated rings. The number of hydrogen-bond donors (Lipinski definition) is 1. The van der Waals surface area contributed by atoms with E-state index in [4.69, 9.17) is 5.11 Å². The summed E-state index contributed by atoms with van der Waals surface area (Å²) in [7, 11) is 0. The van der Waals surface area contributed by atoms with E-state index in [0.29, 0.717) is 19.6 Å². The Morgan fingerprint density at radius 3 is 1.84 bits per heavy atom. The Labute approximate surface area is 151 Å². The molecule has 0 aliphatic carbocycles. The maximum atomic E-state index is 11.1. The molecular formula is C18H34N4O3. The van der Waals surface area contributed by atoms with E-state index in [1.165, 1.54) is 0 Å². The van der Waals surface area contributed by atoms with E-state index in [1.54, 1.807) is 0 Å². The van der Waals surface area contributed by atoms with E-state index in [9.17, 15) is 9.59 Å². The number of hydrogen-bond acceptors (Lipinski definition) is 6. The van der Waals surface area contributed by atoms with Crippen LogP contribution in [0, 0.1) is 0 Å². The average molecular weight is 354 g/mol. The SMILES string of the molecule is C=CCN1CCN(CC=O)CCN(CC(=O)O)CCN(CCC)CC1. The fourth-order valence-electron chi connectivity index (χ4n) is 3.12. The van der Waals surface area contributed by atoms with Crippen molar-refractivity contribution in [3.8, 4) is 0 Å². The Morgan fingerprint density at radius 1 is 0.920 bits per heavy atom. The van der Waals surface area contributed by atoms with Crippen molar-refractivity contribution >= 4 is 12.3 Å². The summed E-state index contributed by atoms with van der Waals surface area (Å²) in [5.41, 5.74) is 0. The maximum Gasteiger partial charge on any atom is 0.317 e. The van der Waals surface area contributed by atoms with Gasteiger partial charge in [0, 0.05) is 58.9 Å². The summed E-state index contributed by atoms with van der Waals surface area (Å²) in [6.45, 7) is 14.9. The van der Waals surface area contributed by atoms with Gasteiger partial charge >= 0.3 is 5.97 Å². The summed E-state index contributed by atoms with van der Waals surface area (Å²) < 4.78 is 0. The summed E-state index contributed by atoms with van der Waals surface area (Å²) >= 11 is 0. The van der Waals surface area contributed by atoms with Crippen LogP contribution in [0.15, 0.2) is 12.7 Å². The molecule has 7 nitrogen and oxygen atoms in total. The van der Waals surface area contributed by atoms with Crippen LogP contribution in [0.2, 0.25) is 0 Å². The minimum Gasteiger partial charge on any atom is -0.480 e. The molecule has 144 valence electrons. The van der Waals surface area contributed by atoms with Gasteiger partial charge in [0.25, 0.3) is 0 Å². The summed E-state index contributed by atoms with van der Waals surface area (Å²) in [6, 6.07) is 0. The van der Waals surface area contributed by atoms with E-state index in [-0.39, 0.29) is 6.54 Å². The molecule has 1 aliphatic heterocycles. The quantitative estimate of drug-likeness (QED) is 0.489. The van der Waals surface area contributed by atoms with Crippen LogP contribution in [0.3, 0.4) is 0 Å². The van der Waals surface area contributed by atoms with Crippen LogP contribution < -0.4 is 0 Å². The Balaban J connectivity index is 2.77. The van der Waals surface area contributed by atoms with Gasteiger partial charge in [-0.25, -0.2) is 0 Å². The third-order valence-corrected chi connectivity index (χ3v) is 4.55. The Morgan fingerprint density at radius 2 is 1.40 bits per heavy atom. The molecule has 0 aromatic rings. The lowest BCUT2D eigenvalue weighted by atomic mass is 10.3. The lowest BCUT2D eigenvalue weighted by Crippen LogP contribution is -2.47. The monoisotopic (exact) mass is 354 g/mol. The molecule has 1 rings (SSSR count). The fraction of sp³-hybridized carbons (Fsp3) is 0.778. The zero-order chi connectivity index (χ0) is 18.5. The number of carbonyl (C=O) groups excluding carboxylic acids is 1. The van der Waals surface area contributed by atoms with Crippen molar-refractivity contribution in [2.24, 2.45) is 0 Å². The van der Waals surface area contributed by atoms with Gasteiger partial charge in [-0.15, -0.1) is 6.58 Å². The van der Waals surface area contributed by atoms with Gasteiger partial charge in [-0.3, -0.25) is 19.5 Å². The number of aldehydes is 1. The zero-order valence-electron chi connectivity index (χ0n) is 15.6. The highest BCUT2D eigenvalue weighted by Gasteiger charge is 2.17. The van der Waals surface area contributed by atoms with Crippen LogP contribution in [-0.4, -0.2) is 115 Å². The van der Waals surface area contributed by atoms with Gasteiger partial charge in [-0.05, 0) is 13.0 Å². The average Bonchev–Trinajstić information content (AvgIpc) is 2.57. The second-order valence-corrected chi connectivity index (χ2v) is 6.57. The summed E-state index contributed by atoms with van der Waals surface area (Å²) in [5, 5.41) is 9.15. The molecule has 0 spiro atoms. The number of aliphatic carboxylic acids is 1. The van der Waals surface area contributed by atoms with E-state index in [0.717, 1.165) is 65.1 Å². The molecule has 0 saturated carbocycles. The Bertz CT molecular complexity index is 406. The fourth-order valence-corrected chi connectivity index (χ4v) is 3.12. The highest BCUT2D eigenvalue weighted by atomic mass is 16.4. The van der Waals surface area contributed by atoms with Crippen molar-refractivity contribution in [3.63, 3.8) is 0 Å². The van der Waals surface area contributed by atoms with E-state index >= 15 is 0 Å². The van der Waals surface area contributed by atoms with E-state index in [1.807, 2.05) is 11.0 Å². The number of carboxylic acids is 1. The standard InChI is InChI=1S/C18H34N4O3/c1-3-5-19-7-8-20(6-4-2)11-13-22(17-18(24)25)14-12-21(10-9-19)15-16-23/h3,16H,1,4-15,17H2,2H3,(H,24,25). The van der Waals surface area contributed by atoms with Gasteiger partial charge in [0.1, 0.15) is 6.29 Å². The van der Waals surface area contributed by atoms with Crippen molar-refractivity contribution < 1.29 is 14.7 Å². The molecule has 0 aromatic heterocycles. The predicted octanol–water partition coefficient (Wildman–Crippen LogP) is 0.0875. The second-order valence-electron chi connectivity index (χ2n) is 6.57. The lowest BCUT2D eigenvalue weighted by Gasteiger charge is -2.33. The molecule has 0 unspecified atom stereocenters. The van der Waals surface area contributed by atoms with Crippen LogP contribution in [0.5, 0.6) is 0 Å². The van der Waals surface area contributed by atoms with Crippen molar-refractivity contribution in [1.82, 2.24) is 19.6 Å². The number of carboxylic acid groups (broad SMARTS) is 1. The molecule has 7 heteroatoms. The molecule has 0 amide bonds. The topological polar surface area (TPSA) is 67.3 Å². The maximum absolute atomic E-state index is 11.1. The van der Waals surface area contributed by atoms with Gasteiger partial charge in [0.15, 0.2) is 0 Å². The summed E-state index contributed by atoms with van der Waals surface area (Å²) in [5.74, 6) is -0.798. The van der Waals surface area contributed by atoms with E-state index in [2.05, 4.69) is 28.2 Å². The normalized spacial score (nSPS) is 20.5. The molecule has 25 heavy (non-hydrogen) atoms. The smallest absolute Gasteiger partial charge is 0.317 e. The van der Waals surface area contributed by atoms with E-state index < -0.39 is 5.97 Å². The number of carbonyl (C=O) groups is 2. The van der Waals surface area contributed by atoms with Crippen molar-refractivity contribution in [2.45, 2.75) is 13.3 Å². The molecule has 1 N–H and O–H groups in total. The van der Waals surface area contributed by atoms with Crippen LogP contribution in [0.1, 0.15) is 13.3 Å². The first-order valence-corrected chi connectivity index (χ1v) is 9.24. The van der Waals surface area contributed by atoms with Gasteiger partial charge in [-0.2, -0.15) is 0 Å². The molecule has 0 bridgehead atoms. The highest BCUT2D eigenvalue weighted by Crippen LogP contribution is 2.01. The van der Waals surface area contributed by atoms with Crippen molar-refractivity contribution in [1.29, 1.82) is 0 Å². The summed E-state index contributed by atoms with van der Waals surface area (Å²) in [6.07, 6.45) is 3.94. The second kappa shape index (κ2) is 13.0. The molecule has 1 aliphatic rings. The Kier molecular flexibility index (Phi) is 11.3. The molecule has 0 radical (unpaired) electrons. The minimum atomic E-state index is -0.798. The molecule has 1 saturated heterocycles.